The number of rotatable bonds is 7. The first-order valence-corrected chi connectivity index (χ1v) is 14.5. The Kier molecular flexibility index (Phi) is 8.38. The van der Waals surface area contributed by atoms with Crippen LogP contribution >= 0.6 is 0 Å². The molecule has 8 unspecified atom stereocenters. The maximum Gasteiger partial charge on any atom is 0.236 e. The largest absolute Gasteiger partial charge is 0.472 e. The number of primary amides is 1. The van der Waals surface area contributed by atoms with Crippen molar-refractivity contribution in [2.24, 2.45) is 17.4 Å². The zero-order valence-electron chi connectivity index (χ0n) is 22.4. The number of hydroxylamine groups is 1. The van der Waals surface area contributed by atoms with E-state index in [1.54, 1.807) is 6.08 Å². The lowest BCUT2D eigenvalue weighted by Crippen LogP contribution is -2.66. The van der Waals surface area contributed by atoms with Crippen LogP contribution in [0.2, 0.25) is 0 Å². The number of nitrogens with one attached hydrogen (secondary N) is 4. The molecule has 0 bridgehead atoms. The highest BCUT2D eigenvalue weighted by Gasteiger charge is 2.51. The van der Waals surface area contributed by atoms with Gasteiger partial charge in [-0.2, -0.15) is 5.48 Å². The molecule has 10 atom stereocenters. The van der Waals surface area contributed by atoms with Crippen molar-refractivity contribution in [3.63, 3.8) is 0 Å². The van der Waals surface area contributed by atoms with E-state index in [-0.39, 0.29) is 60.1 Å². The molecule has 5 aliphatic heterocycles. The summed E-state index contributed by atoms with van der Waals surface area (Å²) in [4.78, 5) is 33.1. The number of morpholine rings is 1. The van der Waals surface area contributed by atoms with Gasteiger partial charge in [-0.25, -0.2) is 0 Å². The standard InChI is InChI=1S/C26H43N7O6/c27-16-3-1-2-4-17(16)30-14-9-19(23(26(28)35)29-12-14)31-21-10-18(32-39-21)15-13-37-25-20(34)11-22(38-24(15)25)33-5-7-36-8-6-33/h11,14-19,21,23-25,29-32H,1-10,12-13,27H2,(H2,28,35)/t14?,15?,16-,17+,18?,19?,21?,23?,24?,25?/m1/s1. The number of ether oxygens (including phenoxy) is 3. The van der Waals surface area contributed by atoms with Gasteiger partial charge in [0.15, 0.2) is 17.8 Å². The van der Waals surface area contributed by atoms with Gasteiger partial charge in [0.25, 0.3) is 0 Å². The van der Waals surface area contributed by atoms with Crippen LogP contribution in [0, 0.1) is 5.92 Å². The molecule has 6 aliphatic rings. The molecule has 5 fully saturated rings. The first kappa shape index (κ1) is 27.3. The van der Waals surface area contributed by atoms with Gasteiger partial charge in [-0.1, -0.05) is 12.8 Å². The first-order valence-electron chi connectivity index (χ1n) is 14.5. The quantitative estimate of drug-likeness (QED) is 0.202. The molecule has 0 aromatic carbocycles. The number of hydrogen-bond acceptors (Lipinski definition) is 12. The lowest BCUT2D eigenvalue weighted by atomic mass is 9.88. The smallest absolute Gasteiger partial charge is 0.236 e. The first-order chi connectivity index (χ1) is 19.0. The van der Waals surface area contributed by atoms with Crippen molar-refractivity contribution in [2.75, 3.05) is 39.5 Å². The van der Waals surface area contributed by atoms with Crippen molar-refractivity contribution >= 4 is 11.7 Å². The van der Waals surface area contributed by atoms with Crippen molar-refractivity contribution in [1.82, 2.24) is 26.3 Å². The molecule has 0 aromatic heterocycles. The third-order valence-electron chi connectivity index (χ3n) is 9.16. The Morgan fingerprint density at radius 2 is 1.92 bits per heavy atom. The van der Waals surface area contributed by atoms with E-state index in [2.05, 4.69) is 26.3 Å². The summed E-state index contributed by atoms with van der Waals surface area (Å²) in [5, 5.41) is 10.6. The second-order valence-corrected chi connectivity index (χ2v) is 11.8. The molecular formula is C26H43N7O6. The van der Waals surface area contributed by atoms with Gasteiger partial charge in [0.05, 0.1) is 19.8 Å². The number of piperidine rings is 1. The number of amides is 1. The molecule has 39 heavy (non-hydrogen) atoms. The molecule has 13 nitrogen and oxygen atoms in total. The molecule has 0 aromatic rings. The average molecular weight is 550 g/mol. The van der Waals surface area contributed by atoms with E-state index in [9.17, 15) is 9.59 Å². The fraction of sp³-hybridized carbons (Fsp3) is 0.846. The summed E-state index contributed by atoms with van der Waals surface area (Å²) in [5.74, 6) is 0.0978. The van der Waals surface area contributed by atoms with Gasteiger partial charge in [0, 0.05) is 68.3 Å². The predicted octanol–water partition coefficient (Wildman–Crippen LogP) is -2.20. The fourth-order valence-electron chi connectivity index (χ4n) is 6.99. The van der Waals surface area contributed by atoms with E-state index in [1.165, 1.54) is 12.8 Å². The van der Waals surface area contributed by atoms with Crippen LogP contribution in [0.5, 0.6) is 0 Å². The van der Waals surface area contributed by atoms with Gasteiger partial charge >= 0.3 is 0 Å². The van der Waals surface area contributed by atoms with Gasteiger partial charge in [-0.3, -0.25) is 19.7 Å². The van der Waals surface area contributed by atoms with Gasteiger partial charge < -0.3 is 41.2 Å². The number of carbonyl (C=O) groups is 2. The summed E-state index contributed by atoms with van der Waals surface area (Å²) in [6, 6.07) is -0.150. The Hall–Kier alpha value is -1.84. The zero-order chi connectivity index (χ0) is 26.9. The SMILES string of the molecule is NC(=O)C1NCC(N[C@H]2CCCC[C@H]2N)CC1NC1CC(C2COC3C(=O)C=C(N4CCOCC4)OC32)NO1. The van der Waals surface area contributed by atoms with Crippen LogP contribution in [0.4, 0.5) is 0 Å². The molecule has 1 amide bonds. The van der Waals surface area contributed by atoms with Crippen LogP contribution in [0.1, 0.15) is 38.5 Å². The maximum atomic E-state index is 12.8. The van der Waals surface area contributed by atoms with Crippen molar-refractivity contribution in [3.8, 4) is 0 Å². The van der Waals surface area contributed by atoms with Gasteiger partial charge in [-0.15, -0.1) is 0 Å². The maximum absolute atomic E-state index is 12.8. The van der Waals surface area contributed by atoms with Gasteiger partial charge in [-0.05, 0) is 19.3 Å². The molecular weight excluding hydrogens is 506 g/mol. The molecule has 6 rings (SSSR count). The minimum Gasteiger partial charge on any atom is -0.472 e. The fourth-order valence-corrected chi connectivity index (χ4v) is 6.99. The molecule has 0 spiro atoms. The minimum atomic E-state index is -0.603. The second-order valence-electron chi connectivity index (χ2n) is 11.8. The van der Waals surface area contributed by atoms with Crippen LogP contribution in [-0.4, -0.2) is 111 Å². The molecule has 218 valence electrons. The summed E-state index contributed by atoms with van der Waals surface area (Å²) < 4.78 is 17.7. The lowest BCUT2D eigenvalue weighted by molar-refractivity contribution is -0.133. The molecule has 0 radical (unpaired) electrons. The van der Waals surface area contributed by atoms with E-state index < -0.39 is 12.1 Å². The number of ketones is 1. The van der Waals surface area contributed by atoms with E-state index in [0.717, 1.165) is 19.3 Å². The van der Waals surface area contributed by atoms with E-state index in [0.29, 0.717) is 51.8 Å². The molecule has 1 aliphatic carbocycles. The molecule has 4 saturated heterocycles. The summed E-state index contributed by atoms with van der Waals surface area (Å²) >= 11 is 0. The number of carbonyl (C=O) groups excluding carboxylic acids is 2. The second kappa shape index (κ2) is 12.0. The number of nitrogens with two attached hydrogens (primary N) is 2. The third kappa shape index (κ3) is 5.96. The highest BCUT2D eigenvalue weighted by atomic mass is 16.7. The van der Waals surface area contributed by atoms with Crippen molar-refractivity contribution in [1.29, 1.82) is 0 Å². The Bertz CT molecular complexity index is 932. The summed E-state index contributed by atoms with van der Waals surface area (Å²) in [6.07, 6.45) is 6.09. The van der Waals surface area contributed by atoms with Gasteiger partial charge in [0.2, 0.25) is 5.91 Å². The van der Waals surface area contributed by atoms with Crippen LogP contribution in [0.15, 0.2) is 12.0 Å². The Labute approximate surface area is 229 Å². The van der Waals surface area contributed by atoms with E-state index in [4.69, 9.17) is 30.5 Å². The van der Waals surface area contributed by atoms with Crippen molar-refractivity contribution in [2.45, 2.75) is 93.2 Å². The number of hydrogen-bond donors (Lipinski definition) is 6. The lowest BCUT2D eigenvalue weighted by Gasteiger charge is -2.40. The molecule has 5 heterocycles. The molecule has 8 N–H and O–H groups in total. The Morgan fingerprint density at radius 1 is 1.10 bits per heavy atom. The molecule has 13 heteroatoms. The van der Waals surface area contributed by atoms with Gasteiger partial charge in [0.1, 0.15) is 18.4 Å². The normalized spacial score (nSPS) is 43.1. The zero-order valence-corrected chi connectivity index (χ0v) is 22.4. The Morgan fingerprint density at radius 3 is 2.72 bits per heavy atom. The minimum absolute atomic E-state index is 0.0577. The van der Waals surface area contributed by atoms with Crippen molar-refractivity contribution in [3.05, 3.63) is 12.0 Å². The number of fused-ring (bicyclic) bond motifs is 1. The van der Waals surface area contributed by atoms with Crippen molar-refractivity contribution < 1.29 is 28.6 Å². The van der Waals surface area contributed by atoms with Crippen LogP contribution in [0.25, 0.3) is 0 Å². The highest BCUT2D eigenvalue weighted by molar-refractivity contribution is 5.95. The summed E-state index contributed by atoms with van der Waals surface area (Å²) in [7, 11) is 0. The van der Waals surface area contributed by atoms with Crippen LogP contribution < -0.4 is 32.9 Å². The Balaban J connectivity index is 1.06. The average Bonchev–Trinajstić information content (AvgIpc) is 3.58. The summed E-state index contributed by atoms with van der Waals surface area (Å²) in [6.45, 7) is 3.67. The molecule has 1 saturated carbocycles. The highest BCUT2D eigenvalue weighted by Crippen LogP contribution is 2.36. The topological polar surface area (TPSA) is 174 Å². The van der Waals surface area contributed by atoms with Crippen LogP contribution in [0.3, 0.4) is 0 Å². The summed E-state index contributed by atoms with van der Waals surface area (Å²) in [5.41, 5.74) is 15.3. The number of nitrogens with zero attached hydrogens (tertiary/aromatic N) is 1. The predicted molar refractivity (Wildman–Crippen MR) is 140 cm³/mol. The van der Waals surface area contributed by atoms with Crippen LogP contribution in [-0.2, 0) is 28.6 Å². The third-order valence-corrected chi connectivity index (χ3v) is 9.16. The monoisotopic (exact) mass is 549 g/mol. The van der Waals surface area contributed by atoms with E-state index in [1.807, 2.05) is 0 Å². The van der Waals surface area contributed by atoms with E-state index >= 15 is 0 Å².